The number of cyclic esters (lactones) is 1. The quantitative estimate of drug-likeness (QED) is 0.526. The summed E-state index contributed by atoms with van der Waals surface area (Å²) in [5, 5.41) is 0. The zero-order chi connectivity index (χ0) is 19.8. The Morgan fingerprint density at radius 2 is 1.59 bits per heavy atom. The predicted octanol–water partition coefficient (Wildman–Crippen LogP) is 5.35. The number of alkyl halides is 3. The molecule has 3 rings (SSSR count). The monoisotopic (exact) mass is 373 g/mol. The highest BCUT2D eigenvalue weighted by atomic mass is 19.4. The molecular weight excluding hydrogens is 355 g/mol. The summed E-state index contributed by atoms with van der Waals surface area (Å²) in [5.74, 6) is -0.696. The second-order valence-corrected chi connectivity index (χ2v) is 7.25. The van der Waals surface area contributed by atoms with Crippen LogP contribution in [-0.2, 0) is 21.1 Å². The molecule has 0 saturated carbocycles. The van der Waals surface area contributed by atoms with E-state index in [1.165, 1.54) is 18.2 Å². The first-order valence-corrected chi connectivity index (χ1v) is 8.35. The van der Waals surface area contributed by atoms with Crippen LogP contribution in [0.1, 0.15) is 43.0 Å². The molecular formula is C21H18F3NO2. The van der Waals surface area contributed by atoms with Crippen molar-refractivity contribution in [3.05, 3.63) is 76.5 Å². The van der Waals surface area contributed by atoms with Crippen molar-refractivity contribution in [3.63, 3.8) is 0 Å². The molecule has 2 aromatic rings. The van der Waals surface area contributed by atoms with Gasteiger partial charge in [0.05, 0.1) is 5.56 Å². The van der Waals surface area contributed by atoms with Crippen molar-refractivity contribution in [2.24, 2.45) is 4.99 Å². The van der Waals surface area contributed by atoms with E-state index in [0.717, 1.165) is 17.7 Å². The van der Waals surface area contributed by atoms with Gasteiger partial charge in [-0.15, -0.1) is 0 Å². The lowest BCUT2D eigenvalue weighted by Gasteiger charge is -2.18. The molecule has 0 atom stereocenters. The molecule has 0 N–H and O–H groups in total. The summed E-state index contributed by atoms with van der Waals surface area (Å²) < 4.78 is 44.5. The number of hydrogen-bond acceptors (Lipinski definition) is 3. The molecule has 1 heterocycles. The van der Waals surface area contributed by atoms with Crippen LogP contribution in [0.5, 0.6) is 0 Å². The first-order valence-electron chi connectivity index (χ1n) is 8.35. The van der Waals surface area contributed by atoms with E-state index in [1.54, 1.807) is 12.1 Å². The molecule has 140 valence electrons. The summed E-state index contributed by atoms with van der Waals surface area (Å²) in [6, 6.07) is 12.4. The molecule has 2 aromatic carbocycles. The van der Waals surface area contributed by atoms with Gasteiger partial charge in [-0.05, 0) is 40.8 Å². The van der Waals surface area contributed by atoms with Gasteiger partial charge in [0.25, 0.3) is 0 Å². The first kappa shape index (κ1) is 18.9. The molecule has 3 nitrogen and oxygen atoms in total. The fourth-order valence-corrected chi connectivity index (χ4v) is 2.67. The van der Waals surface area contributed by atoms with Gasteiger partial charge in [-0.25, -0.2) is 9.79 Å². The zero-order valence-corrected chi connectivity index (χ0v) is 15.1. The summed E-state index contributed by atoms with van der Waals surface area (Å²) in [4.78, 5) is 16.2. The highest BCUT2D eigenvalue weighted by molar-refractivity contribution is 6.12. The highest BCUT2D eigenvalue weighted by Crippen LogP contribution is 2.33. The van der Waals surface area contributed by atoms with Crippen LogP contribution >= 0.6 is 0 Å². The van der Waals surface area contributed by atoms with E-state index in [2.05, 4.69) is 25.8 Å². The van der Waals surface area contributed by atoms with E-state index >= 15 is 0 Å². The van der Waals surface area contributed by atoms with Gasteiger partial charge >= 0.3 is 12.1 Å². The summed E-state index contributed by atoms with van der Waals surface area (Å²) in [7, 11) is 0. The second-order valence-electron chi connectivity index (χ2n) is 7.25. The number of carbonyl (C=O) groups is 1. The van der Waals surface area contributed by atoms with Crippen LogP contribution in [0.15, 0.2) is 59.2 Å². The van der Waals surface area contributed by atoms with Crippen LogP contribution in [0.25, 0.3) is 6.08 Å². The number of rotatable bonds is 2. The van der Waals surface area contributed by atoms with E-state index in [9.17, 15) is 18.0 Å². The number of nitrogens with zero attached hydrogens (tertiary/aromatic N) is 1. The standard InChI is InChI=1S/C21H18F3NO2/c1-20(2,3)15-10-8-13(9-11-15)18-25-17(19(26)27-18)12-14-6-4-5-7-16(14)21(22,23)24/h4-12H,1-3H3/b17-12+. The number of aliphatic imine (C=N–C) groups is 1. The molecule has 0 fully saturated rings. The number of ether oxygens (including phenoxy) is 1. The number of carbonyl (C=O) groups excluding carboxylic acids is 1. The van der Waals surface area contributed by atoms with E-state index in [1.807, 2.05) is 12.1 Å². The van der Waals surface area contributed by atoms with E-state index in [4.69, 9.17) is 4.74 Å². The average molecular weight is 373 g/mol. The van der Waals surface area contributed by atoms with E-state index in [0.29, 0.717) is 5.56 Å². The van der Waals surface area contributed by atoms with Crippen LogP contribution in [-0.4, -0.2) is 11.9 Å². The Morgan fingerprint density at radius 3 is 2.19 bits per heavy atom. The molecule has 6 heteroatoms. The van der Waals surface area contributed by atoms with Gasteiger partial charge in [-0.2, -0.15) is 13.2 Å². The minimum atomic E-state index is -4.52. The molecule has 0 saturated heterocycles. The van der Waals surface area contributed by atoms with Gasteiger partial charge in [0.2, 0.25) is 5.90 Å². The normalized spacial score (nSPS) is 16.4. The number of benzene rings is 2. The molecule has 0 bridgehead atoms. The summed E-state index contributed by atoms with van der Waals surface area (Å²) >= 11 is 0. The minimum absolute atomic E-state index is 0.0287. The average Bonchev–Trinajstić information content (AvgIpc) is 2.94. The minimum Gasteiger partial charge on any atom is -0.402 e. The van der Waals surface area contributed by atoms with Crippen molar-refractivity contribution in [2.45, 2.75) is 32.4 Å². The van der Waals surface area contributed by atoms with Crippen molar-refractivity contribution in [1.82, 2.24) is 0 Å². The zero-order valence-electron chi connectivity index (χ0n) is 15.1. The van der Waals surface area contributed by atoms with Crippen molar-refractivity contribution >= 4 is 17.9 Å². The topological polar surface area (TPSA) is 38.7 Å². The van der Waals surface area contributed by atoms with Gasteiger partial charge in [0.15, 0.2) is 5.70 Å². The second kappa shape index (κ2) is 6.68. The van der Waals surface area contributed by atoms with Crippen LogP contribution in [0, 0.1) is 0 Å². The predicted molar refractivity (Wildman–Crippen MR) is 97.2 cm³/mol. The van der Waals surface area contributed by atoms with Gasteiger partial charge < -0.3 is 4.74 Å². The number of halogens is 3. The molecule has 0 spiro atoms. The van der Waals surface area contributed by atoms with Crippen LogP contribution in [0.4, 0.5) is 13.2 Å². The van der Waals surface area contributed by atoms with E-state index < -0.39 is 17.7 Å². The summed E-state index contributed by atoms with van der Waals surface area (Å²) in [5.41, 5.74) is 0.531. The van der Waals surface area contributed by atoms with Crippen molar-refractivity contribution < 1.29 is 22.7 Å². The molecule has 0 amide bonds. The maximum Gasteiger partial charge on any atom is 0.416 e. The lowest BCUT2D eigenvalue weighted by Crippen LogP contribution is -2.11. The Balaban J connectivity index is 1.95. The summed E-state index contributed by atoms with van der Waals surface area (Å²) in [6.07, 6.45) is -3.42. The SMILES string of the molecule is CC(C)(C)c1ccc(C2=N/C(=C/c3ccccc3C(F)(F)F)C(=O)O2)cc1. The molecule has 0 aliphatic carbocycles. The first-order chi connectivity index (χ1) is 12.6. The van der Waals surface area contributed by atoms with Crippen molar-refractivity contribution in [2.75, 3.05) is 0 Å². The Kier molecular flexibility index (Phi) is 4.68. The van der Waals surface area contributed by atoms with Crippen LogP contribution in [0.3, 0.4) is 0 Å². The fourth-order valence-electron chi connectivity index (χ4n) is 2.67. The van der Waals surface area contributed by atoms with Gasteiger partial charge in [-0.1, -0.05) is 51.1 Å². The molecule has 27 heavy (non-hydrogen) atoms. The van der Waals surface area contributed by atoms with Crippen LogP contribution in [0.2, 0.25) is 0 Å². The maximum atomic E-state index is 13.1. The molecule has 1 aliphatic rings. The van der Waals surface area contributed by atoms with Crippen molar-refractivity contribution in [1.29, 1.82) is 0 Å². The van der Waals surface area contributed by atoms with E-state index in [-0.39, 0.29) is 22.6 Å². The number of esters is 1. The van der Waals surface area contributed by atoms with Gasteiger partial charge in [0.1, 0.15) is 0 Å². The Labute approximate surface area is 155 Å². The largest absolute Gasteiger partial charge is 0.416 e. The third-order valence-corrected chi connectivity index (χ3v) is 4.18. The van der Waals surface area contributed by atoms with Gasteiger partial charge in [0, 0.05) is 5.56 Å². The third kappa shape index (κ3) is 4.10. The maximum absolute atomic E-state index is 13.1. The Bertz CT molecular complexity index is 933. The summed E-state index contributed by atoms with van der Waals surface area (Å²) in [6.45, 7) is 6.23. The smallest absolute Gasteiger partial charge is 0.402 e. The lowest BCUT2D eigenvalue weighted by atomic mass is 9.87. The Hall–Kier alpha value is -2.89. The molecule has 1 aliphatic heterocycles. The molecule has 0 aromatic heterocycles. The van der Waals surface area contributed by atoms with Crippen molar-refractivity contribution in [3.8, 4) is 0 Å². The van der Waals surface area contributed by atoms with Gasteiger partial charge in [-0.3, -0.25) is 0 Å². The lowest BCUT2D eigenvalue weighted by molar-refractivity contribution is -0.137. The molecule has 0 radical (unpaired) electrons. The highest BCUT2D eigenvalue weighted by Gasteiger charge is 2.33. The molecule has 0 unspecified atom stereocenters. The Morgan fingerprint density at radius 1 is 0.963 bits per heavy atom. The van der Waals surface area contributed by atoms with Crippen LogP contribution < -0.4 is 0 Å². The third-order valence-electron chi connectivity index (χ3n) is 4.18. The number of hydrogen-bond donors (Lipinski definition) is 0. The fraction of sp³-hybridized carbons (Fsp3) is 0.238.